The van der Waals surface area contributed by atoms with Gasteiger partial charge in [0.25, 0.3) is 5.91 Å². The Bertz CT molecular complexity index is 487. The van der Waals surface area contributed by atoms with Crippen LogP contribution in [0, 0.1) is 5.92 Å². The monoisotopic (exact) mass is 276 g/mol. The second-order valence-corrected chi connectivity index (χ2v) is 5.63. The van der Waals surface area contributed by atoms with Gasteiger partial charge in [0.2, 0.25) is 0 Å². The Morgan fingerprint density at radius 3 is 2.85 bits per heavy atom. The van der Waals surface area contributed by atoms with Crippen molar-refractivity contribution in [2.45, 2.75) is 39.7 Å². The predicted octanol–water partition coefficient (Wildman–Crippen LogP) is 2.93. The third kappa shape index (κ3) is 2.89. The van der Waals surface area contributed by atoms with E-state index in [0.717, 1.165) is 19.4 Å². The Hall–Kier alpha value is -1.71. The van der Waals surface area contributed by atoms with Crippen LogP contribution in [0.3, 0.4) is 0 Å². The largest absolute Gasteiger partial charge is 0.491 e. The standard InChI is InChI=1S/C16H24N2O2/c1-4-20-15-13(6-5-7-14(15)17)16(19)18-9-8-11(2)10-12(18)3/h5-7,11-12H,4,8-10,17H2,1-3H3. The first kappa shape index (κ1) is 14.7. The van der Waals surface area contributed by atoms with E-state index in [0.29, 0.717) is 29.5 Å². The van der Waals surface area contributed by atoms with Gasteiger partial charge in [0.05, 0.1) is 17.9 Å². The maximum atomic E-state index is 12.8. The zero-order valence-corrected chi connectivity index (χ0v) is 12.6. The molecule has 4 nitrogen and oxygen atoms in total. The molecule has 1 amide bonds. The summed E-state index contributed by atoms with van der Waals surface area (Å²) in [5.74, 6) is 1.23. The molecule has 1 aromatic rings. The smallest absolute Gasteiger partial charge is 0.257 e. The number of likely N-dealkylation sites (tertiary alicyclic amines) is 1. The van der Waals surface area contributed by atoms with Crippen molar-refractivity contribution in [3.63, 3.8) is 0 Å². The minimum Gasteiger partial charge on any atom is -0.491 e. The summed E-state index contributed by atoms with van der Waals surface area (Å²) >= 11 is 0. The molecular weight excluding hydrogens is 252 g/mol. The molecule has 4 heteroatoms. The van der Waals surface area contributed by atoms with Crippen LogP contribution in [-0.2, 0) is 0 Å². The highest BCUT2D eigenvalue weighted by molar-refractivity contribution is 5.98. The second kappa shape index (κ2) is 6.16. The molecule has 2 atom stereocenters. The molecule has 1 heterocycles. The Labute approximate surface area is 120 Å². The quantitative estimate of drug-likeness (QED) is 0.864. The molecule has 2 unspecified atom stereocenters. The number of piperidine rings is 1. The number of anilines is 1. The maximum absolute atomic E-state index is 12.8. The molecule has 1 aliphatic heterocycles. The number of nitrogens with two attached hydrogens (primary N) is 1. The number of carbonyl (C=O) groups excluding carboxylic acids is 1. The average Bonchev–Trinajstić information content (AvgIpc) is 2.40. The van der Waals surface area contributed by atoms with Crippen LogP contribution in [0.15, 0.2) is 18.2 Å². The summed E-state index contributed by atoms with van der Waals surface area (Å²) in [6, 6.07) is 5.64. The molecule has 2 rings (SSSR count). The van der Waals surface area contributed by atoms with E-state index in [2.05, 4.69) is 13.8 Å². The molecule has 0 aromatic heterocycles. The van der Waals surface area contributed by atoms with Crippen LogP contribution in [0.1, 0.15) is 44.0 Å². The minimum absolute atomic E-state index is 0.0279. The lowest BCUT2D eigenvalue weighted by Gasteiger charge is -2.36. The van der Waals surface area contributed by atoms with Crippen molar-refractivity contribution < 1.29 is 9.53 Å². The number of para-hydroxylation sites is 1. The van der Waals surface area contributed by atoms with Gasteiger partial charge in [-0.15, -0.1) is 0 Å². The lowest BCUT2D eigenvalue weighted by atomic mass is 9.92. The highest BCUT2D eigenvalue weighted by atomic mass is 16.5. The van der Waals surface area contributed by atoms with Gasteiger partial charge in [-0.25, -0.2) is 0 Å². The minimum atomic E-state index is 0.0279. The van der Waals surface area contributed by atoms with E-state index in [1.807, 2.05) is 17.9 Å². The molecule has 2 N–H and O–H groups in total. The first-order valence-electron chi connectivity index (χ1n) is 7.36. The first-order chi connectivity index (χ1) is 9.54. The number of rotatable bonds is 3. The number of ether oxygens (including phenoxy) is 1. The lowest BCUT2D eigenvalue weighted by molar-refractivity contribution is 0.0585. The molecule has 1 fully saturated rings. The Balaban J connectivity index is 2.27. The molecule has 110 valence electrons. The highest BCUT2D eigenvalue weighted by Crippen LogP contribution is 2.30. The third-order valence-corrected chi connectivity index (χ3v) is 3.96. The van der Waals surface area contributed by atoms with Crippen LogP contribution in [0.2, 0.25) is 0 Å². The summed E-state index contributed by atoms with van der Waals surface area (Å²) in [6.07, 6.45) is 2.11. The number of hydrogen-bond acceptors (Lipinski definition) is 3. The molecule has 0 spiro atoms. The number of carbonyl (C=O) groups is 1. The number of nitrogen functional groups attached to an aromatic ring is 1. The van der Waals surface area contributed by atoms with Crippen molar-refractivity contribution >= 4 is 11.6 Å². The Morgan fingerprint density at radius 2 is 2.20 bits per heavy atom. The van der Waals surface area contributed by atoms with Crippen molar-refractivity contribution in [3.8, 4) is 5.75 Å². The van der Waals surface area contributed by atoms with Crippen LogP contribution in [0.5, 0.6) is 5.75 Å². The predicted molar refractivity (Wildman–Crippen MR) is 80.9 cm³/mol. The van der Waals surface area contributed by atoms with Crippen LogP contribution < -0.4 is 10.5 Å². The van der Waals surface area contributed by atoms with Crippen molar-refractivity contribution in [2.75, 3.05) is 18.9 Å². The molecule has 1 saturated heterocycles. The molecule has 20 heavy (non-hydrogen) atoms. The van der Waals surface area contributed by atoms with Crippen molar-refractivity contribution in [2.24, 2.45) is 5.92 Å². The maximum Gasteiger partial charge on any atom is 0.257 e. The summed E-state index contributed by atoms with van der Waals surface area (Å²) in [4.78, 5) is 14.7. The molecule has 1 aromatic carbocycles. The average molecular weight is 276 g/mol. The molecule has 0 saturated carbocycles. The zero-order valence-electron chi connectivity index (χ0n) is 12.6. The van der Waals surface area contributed by atoms with Gasteiger partial charge in [0, 0.05) is 12.6 Å². The topological polar surface area (TPSA) is 55.6 Å². The molecule has 0 radical (unpaired) electrons. The normalized spacial score (nSPS) is 22.6. The molecule has 0 bridgehead atoms. The van der Waals surface area contributed by atoms with Crippen molar-refractivity contribution in [1.82, 2.24) is 4.90 Å². The van der Waals surface area contributed by atoms with Crippen LogP contribution in [-0.4, -0.2) is 30.0 Å². The SMILES string of the molecule is CCOc1c(N)cccc1C(=O)N1CCC(C)CC1C. The van der Waals surface area contributed by atoms with E-state index in [4.69, 9.17) is 10.5 Å². The summed E-state index contributed by atoms with van der Waals surface area (Å²) < 4.78 is 5.56. The van der Waals surface area contributed by atoms with E-state index in [1.165, 1.54) is 0 Å². The second-order valence-electron chi connectivity index (χ2n) is 5.63. The van der Waals surface area contributed by atoms with E-state index >= 15 is 0 Å². The fourth-order valence-corrected chi connectivity index (χ4v) is 2.89. The summed E-state index contributed by atoms with van der Waals surface area (Å²) in [5, 5.41) is 0. The van der Waals surface area contributed by atoms with Crippen molar-refractivity contribution in [1.29, 1.82) is 0 Å². The summed E-state index contributed by atoms with van der Waals surface area (Å²) in [5.41, 5.74) is 7.04. The van der Waals surface area contributed by atoms with Crippen LogP contribution >= 0.6 is 0 Å². The number of nitrogens with zero attached hydrogens (tertiary/aromatic N) is 1. The fourth-order valence-electron chi connectivity index (χ4n) is 2.89. The van der Waals surface area contributed by atoms with Gasteiger partial charge in [-0.3, -0.25) is 4.79 Å². The van der Waals surface area contributed by atoms with Gasteiger partial charge in [-0.05, 0) is 44.7 Å². The number of hydrogen-bond donors (Lipinski definition) is 1. The summed E-state index contributed by atoms with van der Waals surface area (Å²) in [6.45, 7) is 7.55. The van der Waals surface area contributed by atoms with Gasteiger partial charge >= 0.3 is 0 Å². The van der Waals surface area contributed by atoms with Crippen molar-refractivity contribution in [3.05, 3.63) is 23.8 Å². The van der Waals surface area contributed by atoms with Gasteiger partial charge in [0.1, 0.15) is 0 Å². The van der Waals surface area contributed by atoms with Gasteiger partial charge in [-0.1, -0.05) is 13.0 Å². The van der Waals surface area contributed by atoms with E-state index < -0.39 is 0 Å². The fraction of sp³-hybridized carbons (Fsp3) is 0.562. The Morgan fingerprint density at radius 1 is 1.45 bits per heavy atom. The molecule has 0 aliphatic carbocycles. The Kier molecular flexibility index (Phi) is 4.53. The number of amides is 1. The van der Waals surface area contributed by atoms with E-state index in [9.17, 15) is 4.79 Å². The third-order valence-electron chi connectivity index (χ3n) is 3.96. The van der Waals surface area contributed by atoms with Gasteiger partial charge < -0.3 is 15.4 Å². The zero-order chi connectivity index (χ0) is 14.7. The van der Waals surface area contributed by atoms with Gasteiger partial charge in [0.15, 0.2) is 5.75 Å². The van der Waals surface area contributed by atoms with E-state index in [-0.39, 0.29) is 11.9 Å². The lowest BCUT2D eigenvalue weighted by Crippen LogP contribution is -2.44. The summed E-state index contributed by atoms with van der Waals surface area (Å²) in [7, 11) is 0. The van der Waals surface area contributed by atoms with Crippen LogP contribution in [0.4, 0.5) is 5.69 Å². The molecular formula is C16H24N2O2. The van der Waals surface area contributed by atoms with Gasteiger partial charge in [-0.2, -0.15) is 0 Å². The number of benzene rings is 1. The van der Waals surface area contributed by atoms with E-state index in [1.54, 1.807) is 12.1 Å². The first-order valence-corrected chi connectivity index (χ1v) is 7.36. The van der Waals surface area contributed by atoms with Crippen LogP contribution in [0.25, 0.3) is 0 Å². The highest BCUT2D eigenvalue weighted by Gasteiger charge is 2.29. The molecule has 1 aliphatic rings.